The molecule has 96 valence electrons. The summed E-state index contributed by atoms with van der Waals surface area (Å²) in [5, 5.41) is 17.3. The molecule has 0 saturated carbocycles. The molecule has 4 heteroatoms. The van der Waals surface area contributed by atoms with E-state index < -0.39 is 0 Å². The maximum Gasteiger partial charge on any atom is 0.115 e. The Labute approximate surface area is 117 Å². The summed E-state index contributed by atoms with van der Waals surface area (Å²) < 4.78 is 0. The first-order valence-corrected chi connectivity index (χ1v) is 5.91. The Balaban J connectivity index is 0.000000253. The van der Waals surface area contributed by atoms with E-state index in [0.29, 0.717) is 11.5 Å². The highest BCUT2D eigenvalue weighted by Crippen LogP contribution is 2.03. The molecule has 2 rings (SSSR count). The van der Waals surface area contributed by atoms with Gasteiger partial charge in [-0.05, 0) is 24.3 Å². The molecule has 0 aliphatic carbocycles. The Kier molecular flexibility index (Phi) is 10.8. The van der Waals surface area contributed by atoms with Crippen molar-refractivity contribution in [1.29, 1.82) is 0 Å². The third kappa shape index (κ3) is 10.9. The van der Waals surface area contributed by atoms with Crippen molar-refractivity contribution in [3.05, 3.63) is 71.7 Å². The minimum atomic E-state index is 0.322. The van der Waals surface area contributed by atoms with Gasteiger partial charge >= 0.3 is 0 Å². The molecule has 0 atom stereocenters. The van der Waals surface area contributed by atoms with E-state index in [1.54, 1.807) is 48.5 Å². The van der Waals surface area contributed by atoms with Crippen LogP contribution in [-0.4, -0.2) is 10.2 Å². The lowest BCUT2D eigenvalue weighted by Gasteiger charge is -1.82. The van der Waals surface area contributed by atoms with Crippen LogP contribution in [0.15, 0.2) is 71.7 Å². The minimum Gasteiger partial charge on any atom is -0.508 e. The number of phenolic OH excluding ortho intramolecular Hbond substituents is 2. The molecule has 2 nitrogen and oxygen atoms in total. The molecule has 2 aromatic carbocycles. The van der Waals surface area contributed by atoms with Crippen LogP contribution in [0.3, 0.4) is 0 Å². The van der Waals surface area contributed by atoms with Crippen molar-refractivity contribution in [3.63, 3.8) is 0 Å². The summed E-state index contributed by atoms with van der Waals surface area (Å²) in [6.07, 6.45) is 0. The highest BCUT2D eigenvalue weighted by Gasteiger charge is 1.75. The molecular formula is C14H14Cl2O2. The molecule has 18 heavy (non-hydrogen) atoms. The summed E-state index contributed by atoms with van der Waals surface area (Å²) in [6, 6.07) is 17.4. The van der Waals surface area contributed by atoms with Gasteiger partial charge in [-0.2, -0.15) is 0 Å². The minimum absolute atomic E-state index is 0.322. The molecule has 0 spiro atoms. The molecule has 2 N–H and O–H groups in total. The number of rotatable bonds is 0. The molecule has 0 heterocycles. The van der Waals surface area contributed by atoms with Gasteiger partial charge in [-0.1, -0.05) is 59.6 Å². The summed E-state index contributed by atoms with van der Waals surface area (Å²) >= 11 is 9.75. The van der Waals surface area contributed by atoms with Gasteiger partial charge in [-0.25, -0.2) is 0 Å². The molecule has 0 aromatic heterocycles. The van der Waals surface area contributed by atoms with E-state index in [1.165, 1.54) is 11.1 Å². The number of phenols is 2. The number of benzene rings is 2. The van der Waals surface area contributed by atoms with Gasteiger partial charge in [0.25, 0.3) is 0 Å². The van der Waals surface area contributed by atoms with Gasteiger partial charge in [0.15, 0.2) is 0 Å². The topological polar surface area (TPSA) is 40.5 Å². The second kappa shape index (κ2) is 11.8. The normalized spacial score (nSPS) is 8.78. The van der Waals surface area contributed by atoms with Crippen LogP contribution in [0.2, 0.25) is 0 Å². The van der Waals surface area contributed by atoms with Crippen LogP contribution in [0.25, 0.3) is 0 Å². The van der Waals surface area contributed by atoms with E-state index in [1.807, 2.05) is 12.1 Å². The lowest BCUT2D eigenvalue weighted by Crippen LogP contribution is -1.56. The molecule has 0 amide bonds. The summed E-state index contributed by atoms with van der Waals surface area (Å²) in [4.78, 5) is 0. The van der Waals surface area contributed by atoms with Gasteiger partial charge in [-0.3, -0.25) is 0 Å². The molecular weight excluding hydrogens is 271 g/mol. The fourth-order valence-corrected chi connectivity index (χ4v) is 0.856. The lowest BCUT2D eigenvalue weighted by atomic mass is 10.3. The Bertz CT molecular complexity index is 375. The smallest absolute Gasteiger partial charge is 0.115 e. The number of aromatic hydroxyl groups is 2. The molecule has 0 bridgehead atoms. The zero-order valence-corrected chi connectivity index (χ0v) is 11.1. The van der Waals surface area contributed by atoms with Crippen LogP contribution in [0, 0.1) is 0 Å². The van der Waals surface area contributed by atoms with E-state index in [0.717, 1.165) is 0 Å². The zero-order chi connectivity index (χ0) is 13.6. The third-order valence-corrected chi connectivity index (χ3v) is 1.94. The monoisotopic (exact) mass is 284 g/mol. The van der Waals surface area contributed by atoms with E-state index >= 15 is 0 Å². The van der Waals surface area contributed by atoms with Crippen molar-refractivity contribution in [2.24, 2.45) is 0 Å². The maximum absolute atomic E-state index is 8.63. The molecule has 0 aliphatic rings. The van der Waals surface area contributed by atoms with Crippen molar-refractivity contribution in [2.75, 3.05) is 0 Å². The lowest BCUT2D eigenvalue weighted by molar-refractivity contribution is 0.475. The average Bonchev–Trinajstić information content (AvgIpc) is 2.41. The van der Waals surface area contributed by atoms with Crippen molar-refractivity contribution < 1.29 is 10.2 Å². The predicted molar refractivity (Wildman–Crippen MR) is 77.1 cm³/mol. The quantitative estimate of drug-likeness (QED) is 0.735. The zero-order valence-electron chi connectivity index (χ0n) is 9.58. The Morgan fingerprint density at radius 3 is 1.00 bits per heavy atom. The van der Waals surface area contributed by atoms with Crippen molar-refractivity contribution in [1.82, 2.24) is 0 Å². The van der Waals surface area contributed by atoms with E-state index in [9.17, 15) is 0 Å². The highest BCUT2D eigenvalue weighted by molar-refractivity contribution is 6.33. The molecule has 0 fully saturated rings. The molecule has 0 unspecified atom stereocenters. The number of hydrogen-bond acceptors (Lipinski definition) is 2. The number of para-hydroxylation sites is 2. The number of hydrogen-bond donors (Lipinski definition) is 2. The van der Waals surface area contributed by atoms with Crippen LogP contribution >= 0.6 is 23.2 Å². The standard InChI is InChI=1S/2C6H6O.C2H2Cl2/c2*7-6-4-2-1-3-5-6;3-1-2-4/h2*1-5,7H;1-2H. The van der Waals surface area contributed by atoms with Gasteiger partial charge in [0, 0.05) is 11.1 Å². The first kappa shape index (κ1) is 16.4. The first-order valence-electron chi connectivity index (χ1n) is 5.04. The SMILES string of the molecule is ClC=CCl.Oc1ccccc1.Oc1ccccc1. The van der Waals surface area contributed by atoms with Gasteiger partial charge in [0.2, 0.25) is 0 Å². The summed E-state index contributed by atoms with van der Waals surface area (Å²) in [6.45, 7) is 0. The summed E-state index contributed by atoms with van der Waals surface area (Å²) in [7, 11) is 0. The summed E-state index contributed by atoms with van der Waals surface area (Å²) in [5.74, 6) is 0.644. The average molecular weight is 285 g/mol. The Morgan fingerprint density at radius 2 is 0.889 bits per heavy atom. The van der Waals surface area contributed by atoms with Crippen LogP contribution in [0.5, 0.6) is 11.5 Å². The summed E-state index contributed by atoms with van der Waals surface area (Å²) in [5.41, 5.74) is 2.48. The van der Waals surface area contributed by atoms with Crippen LogP contribution in [-0.2, 0) is 0 Å². The first-order chi connectivity index (χ1) is 8.70. The van der Waals surface area contributed by atoms with Crippen LogP contribution < -0.4 is 0 Å². The third-order valence-electron chi connectivity index (χ3n) is 1.56. The second-order valence-electron chi connectivity index (χ2n) is 2.92. The molecule has 0 aliphatic heterocycles. The molecule has 0 saturated heterocycles. The van der Waals surface area contributed by atoms with Crippen molar-refractivity contribution >= 4 is 23.2 Å². The van der Waals surface area contributed by atoms with Crippen molar-refractivity contribution in [2.45, 2.75) is 0 Å². The molecule has 2 aromatic rings. The maximum atomic E-state index is 8.63. The van der Waals surface area contributed by atoms with Gasteiger partial charge < -0.3 is 10.2 Å². The van der Waals surface area contributed by atoms with Crippen LogP contribution in [0.4, 0.5) is 0 Å². The predicted octanol–water partition coefficient (Wildman–Crippen LogP) is 4.72. The van der Waals surface area contributed by atoms with Crippen LogP contribution in [0.1, 0.15) is 0 Å². The highest BCUT2D eigenvalue weighted by atomic mass is 35.5. The largest absolute Gasteiger partial charge is 0.508 e. The van der Waals surface area contributed by atoms with Gasteiger partial charge in [-0.15, -0.1) is 0 Å². The van der Waals surface area contributed by atoms with Gasteiger partial charge in [0.05, 0.1) is 0 Å². The van der Waals surface area contributed by atoms with Crippen molar-refractivity contribution in [3.8, 4) is 11.5 Å². The molecule has 0 radical (unpaired) electrons. The Morgan fingerprint density at radius 1 is 0.611 bits per heavy atom. The second-order valence-corrected chi connectivity index (χ2v) is 3.43. The van der Waals surface area contributed by atoms with Gasteiger partial charge in [0.1, 0.15) is 11.5 Å². The Hall–Kier alpha value is -1.64. The number of halogens is 2. The van der Waals surface area contributed by atoms with E-state index in [-0.39, 0.29) is 0 Å². The van der Waals surface area contributed by atoms with E-state index in [4.69, 9.17) is 33.4 Å². The fraction of sp³-hybridized carbons (Fsp3) is 0. The fourth-order valence-electron chi connectivity index (χ4n) is 0.856. The van der Waals surface area contributed by atoms with E-state index in [2.05, 4.69) is 0 Å².